The van der Waals surface area contributed by atoms with Crippen LogP contribution in [-0.2, 0) is 17.8 Å². The van der Waals surface area contributed by atoms with Gasteiger partial charge in [0, 0.05) is 18.2 Å². The van der Waals surface area contributed by atoms with Crippen LogP contribution in [0.25, 0.3) is 0 Å². The van der Waals surface area contributed by atoms with Crippen molar-refractivity contribution in [3.05, 3.63) is 76.2 Å². The zero-order valence-corrected chi connectivity index (χ0v) is 26.3. The SMILES string of the molecule is CCCCCCCCCCCCCCOc1cccc(CC(=O)Nc2ccc(C[n+]3cscc3C)cc2)c1.[Br-]. The van der Waals surface area contributed by atoms with E-state index in [-0.39, 0.29) is 22.9 Å². The summed E-state index contributed by atoms with van der Waals surface area (Å²) >= 11 is 1.71. The molecule has 0 radical (unpaired) electrons. The van der Waals surface area contributed by atoms with E-state index in [1.54, 1.807) is 11.3 Å². The number of nitrogens with zero attached hydrogens (tertiary/aromatic N) is 1. The number of carbonyl (C=O) groups is 1. The van der Waals surface area contributed by atoms with Gasteiger partial charge in [-0.15, -0.1) is 0 Å². The Labute approximate surface area is 251 Å². The molecule has 214 valence electrons. The van der Waals surface area contributed by atoms with Gasteiger partial charge in [-0.25, -0.2) is 0 Å². The third-order valence-electron chi connectivity index (χ3n) is 7.00. The number of aromatic nitrogens is 1. The Balaban J connectivity index is 0.00000533. The second kappa shape index (κ2) is 19.8. The fraction of sp³-hybridized carbons (Fsp3) is 0.515. The highest BCUT2D eigenvalue weighted by Crippen LogP contribution is 2.17. The highest BCUT2D eigenvalue weighted by Gasteiger charge is 2.09. The number of thiazole rings is 1. The molecule has 0 spiro atoms. The quantitative estimate of drug-likeness (QED) is 0.140. The maximum Gasteiger partial charge on any atom is 0.228 e. The number of aryl methyl sites for hydroxylation is 1. The van der Waals surface area contributed by atoms with Gasteiger partial charge in [0.05, 0.1) is 18.4 Å². The first-order valence-electron chi connectivity index (χ1n) is 14.7. The van der Waals surface area contributed by atoms with Crippen LogP contribution in [0.3, 0.4) is 0 Å². The van der Waals surface area contributed by atoms with Crippen LogP contribution < -0.4 is 31.6 Å². The molecule has 0 unspecified atom stereocenters. The van der Waals surface area contributed by atoms with Crippen molar-refractivity contribution in [2.45, 2.75) is 104 Å². The number of nitrogens with one attached hydrogen (secondary N) is 1. The summed E-state index contributed by atoms with van der Waals surface area (Å²) in [5, 5.41) is 5.17. The molecule has 0 fully saturated rings. The first kappa shape index (κ1) is 33.0. The van der Waals surface area contributed by atoms with E-state index >= 15 is 0 Å². The molecule has 3 rings (SSSR count). The third kappa shape index (κ3) is 13.6. The molecule has 0 atom stereocenters. The molecule has 2 aromatic carbocycles. The largest absolute Gasteiger partial charge is 1.00 e. The van der Waals surface area contributed by atoms with E-state index in [4.69, 9.17) is 4.74 Å². The lowest BCUT2D eigenvalue weighted by molar-refractivity contribution is -0.689. The molecule has 0 saturated heterocycles. The van der Waals surface area contributed by atoms with Crippen LogP contribution in [0.15, 0.2) is 59.4 Å². The van der Waals surface area contributed by atoms with E-state index in [9.17, 15) is 4.79 Å². The average Bonchev–Trinajstić information content (AvgIpc) is 3.32. The van der Waals surface area contributed by atoms with Gasteiger partial charge < -0.3 is 27.0 Å². The molecule has 3 aromatic rings. The molecule has 0 bridgehead atoms. The van der Waals surface area contributed by atoms with Gasteiger partial charge >= 0.3 is 0 Å². The Morgan fingerprint density at radius 1 is 0.846 bits per heavy atom. The van der Waals surface area contributed by atoms with Gasteiger partial charge in [-0.2, -0.15) is 4.57 Å². The Kier molecular flexibility index (Phi) is 16.8. The van der Waals surface area contributed by atoms with Crippen molar-refractivity contribution in [1.29, 1.82) is 0 Å². The molecule has 0 aliphatic rings. The topological polar surface area (TPSA) is 42.2 Å². The van der Waals surface area contributed by atoms with Crippen LogP contribution in [0, 0.1) is 6.92 Å². The van der Waals surface area contributed by atoms with E-state index in [0.717, 1.165) is 36.6 Å². The van der Waals surface area contributed by atoms with E-state index in [2.05, 4.69) is 46.8 Å². The molecule has 1 aromatic heterocycles. The van der Waals surface area contributed by atoms with Crippen molar-refractivity contribution < 1.29 is 31.1 Å². The lowest BCUT2D eigenvalue weighted by Crippen LogP contribution is -3.00. The van der Waals surface area contributed by atoms with Gasteiger partial charge in [0.25, 0.3) is 0 Å². The molecule has 1 N–H and O–H groups in total. The second-order valence-electron chi connectivity index (χ2n) is 10.4. The van der Waals surface area contributed by atoms with Gasteiger partial charge in [0.1, 0.15) is 5.75 Å². The Morgan fingerprint density at radius 2 is 1.49 bits per heavy atom. The summed E-state index contributed by atoms with van der Waals surface area (Å²) < 4.78 is 8.20. The van der Waals surface area contributed by atoms with E-state index in [0.29, 0.717) is 6.42 Å². The lowest BCUT2D eigenvalue weighted by Gasteiger charge is -2.09. The zero-order chi connectivity index (χ0) is 26.8. The number of unbranched alkanes of at least 4 members (excludes halogenated alkanes) is 11. The summed E-state index contributed by atoms with van der Waals surface area (Å²) in [5.41, 5.74) is 6.39. The smallest absolute Gasteiger partial charge is 0.228 e. The van der Waals surface area contributed by atoms with Gasteiger partial charge in [-0.3, -0.25) is 4.79 Å². The minimum atomic E-state index is -0.0149. The second-order valence-corrected chi connectivity index (χ2v) is 11.2. The summed E-state index contributed by atoms with van der Waals surface area (Å²) in [6.07, 6.45) is 16.4. The maximum absolute atomic E-state index is 12.6. The Morgan fingerprint density at radius 3 is 2.10 bits per heavy atom. The third-order valence-corrected chi connectivity index (χ3v) is 7.85. The maximum atomic E-state index is 12.6. The van der Waals surface area contributed by atoms with E-state index in [1.807, 2.05) is 36.4 Å². The molecular formula is C33H47BrN2O2S. The average molecular weight is 616 g/mol. The van der Waals surface area contributed by atoms with Crippen molar-refractivity contribution in [2.75, 3.05) is 11.9 Å². The first-order chi connectivity index (χ1) is 18.6. The molecule has 0 aliphatic carbocycles. The van der Waals surface area contributed by atoms with Crippen LogP contribution in [-0.4, -0.2) is 12.5 Å². The summed E-state index contributed by atoms with van der Waals surface area (Å²) in [6.45, 7) is 5.97. The summed E-state index contributed by atoms with van der Waals surface area (Å²) in [4.78, 5) is 12.6. The van der Waals surface area contributed by atoms with Gasteiger partial charge in [-0.1, -0.05) is 113 Å². The first-order valence-corrected chi connectivity index (χ1v) is 15.6. The molecule has 1 heterocycles. The minimum absolute atomic E-state index is 0. The normalized spacial score (nSPS) is 10.7. The monoisotopic (exact) mass is 614 g/mol. The molecule has 0 saturated carbocycles. The van der Waals surface area contributed by atoms with Crippen molar-refractivity contribution in [3.63, 3.8) is 0 Å². The number of carbonyl (C=O) groups excluding carboxylic acids is 1. The Hall–Kier alpha value is -2.18. The predicted molar refractivity (Wildman–Crippen MR) is 160 cm³/mol. The molecular weight excluding hydrogens is 568 g/mol. The van der Waals surface area contributed by atoms with Crippen LogP contribution in [0.5, 0.6) is 5.75 Å². The molecule has 1 amide bonds. The van der Waals surface area contributed by atoms with Crippen molar-refractivity contribution >= 4 is 22.9 Å². The highest BCUT2D eigenvalue weighted by atomic mass is 79.9. The summed E-state index contributed by atoms with van der Waals surface area (Å²) in [6, 6.07) is 16.0. The minimum Gasteiger partial charge on any atom is -1.00 e. The van der Waals surface area contributed by atoms with Gasteiger partial charge in [-0.05, 0) is 36.2 Å². The predicted octanol–water partition coefficient (Wildman–Crippen LogP) is 5.66. The van der Waals surface area contributed by atoms with Crippen LogP contribution in [0.1, 0.15) is 101 Å². The van der Waals surface area contributed by atoms with Crippen LogP contribution in [0.2, 0.25) is 0 Å². The van der Waals surface area contributed by atoms with Crippen LogP contribution >= 0.6 is 11.3 Å². The zero-order valence-electron chi connectivity index (χ0n) is 23.9. The number of amides is 1. The Bertz CT molecular complexity index is 1070. The van der Waals surface area contributed by atoms with Crippen molar-refractivity contribution in [1.82, 2.24) is 0 Å². The highest BCUT2D eigenvalue weighted by molar-refractivity contribution is 7.07. The fourth-order valence-electron chi connectivity index (χ4n) is 4.67. The lowest BCUT2D eigenvalue weighted by atomic mass is 10.1. The number of anilines is 1. The number of hydrogen-bond acceptors (Lipinski definition) is 3. The van der Waals surface area contributed by atoms with Crippen molar-refractivity contribution in [2.24, 2.45) is 0 Å². The van der Waals surface area contributed by atoms with E-state index < -0.39 is 0 Å². The standard InChI is InChI=1S/C33H46N2O2S.BrH/c1-3-4-5-6-7-8-9-10-11-12-13-14-22-37-32-17-15-16-30(23-32)24-33(36)34-31-20-18-29(19-21-31)25-35-27-38-26-28(35)2;/h15-21,23,26-27H,3-14,22,24-25H2,1-2H3;1H. The number of hydrogen-bond donors (Lipinski definition) is 1. The van der Waals surface area contributed by atoms with E-state index in [1.165, 1.54) is 81.9 Å². The summed E-state index contributed by atoms with van der Waals surface area (Å²) in [7, 11) is 0. The molecule has 6 heteroatoms. The summed E-state index contributed by atoms with van der Waals surface area (Å²) in [5.74, 6) is 0.836. The molecule has 4 nitrogen and oxygen atoms in total. The van der Waals surface area contributed by atoms with Crippen molar-refractivity contribution in [3.8, 4) is 5.75 Å². The number of ether oxygens (including phenoxy) is 1. The van der Waals surface area contributed by atoms with Gasteiger partial charge in [0.15, 0.2) is 12.2 Å². The number of rotatable bonds is 19. The number of benzene rings is 2. The van der Waals surface area contributed by atoms with Gasteiger partial charge in [0.2, 0.25) is 11.4 Å². The molecule has 39 heavy (non-hydrogen) atoms. The fourth-order valence-corrected chi connectivity index (χ4v) is 5.46. The van der Waals surface area contributed by atoms with Crippen LogP contribution in [0.4, 0.5) is 5.69 Å². The number of halogens is 1. The molecule has 0 aliphatic heterocycles.